The molecule has 2 heterocycles. The third-order valence-electron chi connectivity index (χ3n) is 7.54. The molecule has 1 aliphatic carbocycles. The molecular weight excluding hydrogens is 514 g/mol. The summed E-state index contributed by atoms with van der Waals surface area (Å²) in [7, 11) is 0. The second-order valence-corrected chi connectivity index (χ2v) is 10.9. The van der Waals surface area contributed by atoms with Crippen molar-refractivity contribution in [1.82, 2.24) is 19.5 Å². The SMILES string of the molecule is CC(O)C(Nc1nc2nc(/C(N)=N/O)nc(-c3cccc(Cl)c3)c2n1C[C@H]1CC[C@H](C)CC1)c1ccccc1. The van der Waals surface area contributed by atoms with Crippen molar-refractivity contribution in [3.63, 3.8) is 0 Å². The lowest BCUT2D eigenvalue weighted by molar-refractivity contribution is 0.171. The maximum Gasteiger partial charge on any atom is 0.208 e. The summed E-state index contributed by atoms with van der Waals surface area (Å²) in [5, 5.41) is 27.3. The van der Waals surface area contributed by atoms with Crippen LogP contribution in [0.25, 0.3) is 22.4 Å². The summed E-state index contributed by atoms with van der Waals surface area (Å²) in [5.41, 5.74) is 9.36. The van der Waals surface area contributed by atoms with Crippen LogP contribution in [0, 0.1) is 11.8 Å². The third kappa shape index (κ3) is 5.84. The predicted molar refractivity (Wildman–Crippen MR) is 154 cm³/mol. The lowest BCUT2D eigenvalue weighted by atomic mass is 9.83. The number of imidazole rings is 1. The van der Waals surface area contributed by atoms with E-state index in [-0.39, 0.29) is 11.7 Å². The lowest BCUT2D eigenvalue weighted by Gasteiger charge is -2.28. The van der Waals surface area contributed by atoms with Crippen LogP contribution in [-0.4, -0.2) is 41.8 Å². The predicted octanol–water partition coefficient (Wildman–Crippen LogP) is 5.60. The quantitative estimate of drug-likeness (QED) is 0.0975. The van der Waals surface area contributed by atoms with E-state index in [1.54, 1.807) is 13.0 Å². The first-order valence-corrected chi connectivity index (χ1v) is 13.7. The van der Waals surface area contributed by atoms with Crippen molar-refractivity contribution in [2.45, 2.75) is 58.2 Å². The molecule has 1 aliphatic rings. The van der Waals surface area contributed by atoms with Gasteiger partial charge in [-0.25, -0.2) is 9.97 Å². The van der Waals surface area contributed by atoms with Crippen molar-refractivity contribution >= 4 is 34.5 Å². The van der Waals surface area contributed by atoms with Gasteiger partial charge in [-0.1, -0.05) is 79.0 Å². The highest BCUT2D eigenvalue weighted by Crippen LogP contribution is 2.36. The first-order chi connectivity index (χ1) is 18.8. The molecule has 2 atom stereocenters. The Kier molecular flexibility index (Phi) is 7.99. The molecule has 39 heavy (non-hydrogen) atoms. The highest BCUT2D eigenvalue weighted by molar-refractivity contribution is 6.30. The maximum atomic E-state index is 10.8. The van der Waals surface area contributed by atoms with Crippen molar-refractivity contribution in [2.24, 2.45) is 22.7 Å². The van der Waals surface area contributed by atoms with Gasteiger partial charge in [-0.3, -0.25) is 0 Å². The minimum atomic E-state index is -0.692. The number of amidine groups is 1. The fourth-order valence-electron chi connectivity index (χ4n) is 5.37. The first kappa shape index (κ1) is 26.9. The van der Waals surface area contributed by atoms with Crippen molar-refractivity contribution < 1.29 is 10.3 Å². The van der Waals surface area contributed by atoms with E-state index >= 15 is 0 Å². The van der Waals surface area contributed by atoms with Crippen LogP contribution >= 0.6 is 11.6 Å². The van der Waals surface area contributed by atoms with E-state index in [0.29, 0.717) is 34.8 Å². The molecule has 10 heteroatoms. The van der Waals surface area contributed by atoms with Gasteiger partial charge in [0.05, 0.1) is 12.1 Å². The molecule has 0 aliphatic heterocycles. The van der Waals surface area contributed by atoms with Crippen LogP contribution < -0.4 is 11.1 Å². The fraction of sp³-hybridized carbons (Fsp3) is 0.379. The number of fused-ring (bicyclic) bond motifs is 1. The highest BCUT2D eigenvalue weighted by Gasteiger charge is 2.27. The van der Waals surface area contributed by atoms with E-state index in [0.717, 1.165) is 35.4 Å². The van der Waals surface area contributed by atoms with Crippen LogP contribution in [0.5, 0.6) is 0 Å². The van der Waals surface area contributed by atoms with Crippen molar-refractivity contribution in [3.05, 3.63) is 71.0 Å². The van der Waals surface area contributed by atoms with Gasteiger partial charge in [0, 0.05) is 17.1 Å². The number of hydrogen-bond donors (Lipinski definition) is 4. The molecule has 1 fully saturated rings. The summed E-state index contributed by atoms with van der Waals surface area (Å²) >= 11 is 6.37. The summed E-state index contributed by atoms with van der Waals surface area (Å²) in [6.45, 7) is 4.78. The Morgan fingerprint density at radius 3 is 2.51 bits per heavy atom. The largest absolute Gasteiger partial charge is 0.409 e. The Morgan fingerprint density at radius 1 is 1.10 bits per heavy atom. The molecular formula is C29H34ClN7O2. The number of aromatic nitrogens is 4. The Bertz CT molecular complexity index is 1460. The second-order valence-electron chi connectivity index (χ2n) is 10.5. The summed E-state index contributed by atoms with van der Waals surface area (Å²) in [5.74, 6) is 1.61. The number of anilines is 1. The summed E-state index contributed by atoms with van der Waals surface area (Å²) < 4.78 is 2.13. The van der Waals surface area contributed by atoms with Crippen LogP contribution in [-0.2, 0) is 6.54 Å². The maximum absolute atomic E-state index is 10.8. The van der Waals surface area contributed by atoms with E-state index in [2.05, 4.69) is 26.9 Å². The van der Waals surface area contributed by atoms with Gasteiger partial charge < -0.3 is 25.9 Å². The van der Waals surface area contributed by atoms with Gasteiger partial charge >= 0.3 is 0 Å². The van der Waals surface area contributed by atoms with Crippen molar-refractivity contribution in [3.8, 4) is 11.3 Å². The molecule has 0 spiro atoms. The Morgan fingerprint density at radius 2 is 1.85 bits per heavy atom. The number of aliphatic hydroxyl groups is 1. The number of halogens is 1. The van der Waals surface area contributed by atoms with Gasteiger partial charge in [-0.15, -0.1) is 0 Å². The van der Waals surface area contributed by atoms with Gasteiger partial charge in [0.1, 0.15) is 11.2 Å². The standard InChI is InChI=1S/C29H34ClN7O2/c1-17-11-13-19(14-12-17)16-37-25-24(21-9-6-10-22(30)15-21)32-28(26(31)36-39)34-27(25)35-29(37)33-23(18(2)38)20-7-4-3-5-8-20/h3-10,15,17-19,23,38-39H,11-14,16H2,1-2H3,(H2,31,36)(H,32,33,34,35)/t17-,18?,19-,23?. The average Bonchev–Trinajstić information content (AvgIpc) is 3.28. The summed E-state index contributed by atoms with van der Waals surface area (Å²) in [4.78, 5) is 14.2. The van der Waals surface area contributed by atoms with Crippen molar-refractivity contribution in [1.29, 1.82) is 0 Å². The number of benzene rings is 2. The molecule has 9 nitrogen and oxygen atoms in total. The topological polar surface area (TPSA) is 134 Å². The van der Waals surface area contributed by atoms with Crippen molar-refractivity contribution in [2.75, 3.05) is 5.32 Å². The van der Waals surface area contributed by atoms with Gasteiger partial charge in [0.15, 0.2) is 5.65 Å². The van der Waals surface area contributed by atoms with Gasteiger partial charge in [-0.05, 0) is 49.3 Å². The molecule has 5 N–H and O–H groups in total. The van der Waals surface area contributed by atoms with E-state index in [4.69, 9.17) is 27.3 Å². The number of rotatable bonds is 8. The van der Waals surface area contributed by atoms with Gasteiger partial charge in [0.2, 0.25) is 17.6 Å². The van der Waals surface area contributed by atoms with E-state index in [9.17, 15) is 10.3 Å². The summed E-state index contributed by atoms with van der Waals surface area (Å²) in [6, 6.07) is 16.8. The minimum Gasteiger partial charge on any atom is -0.409 e. The highest BCUT2D eigenvalue weighted by atomic mass is 35.5. The molecule has 0 amide bonds. The zero-order chi connectivity index (χ0) is 27.5. The molecule has 0 bridgehead atoms. The second kappa shape index (κ2) is 11.6. The molecule has 204 valence electrons. The molecule has 4 aromatic rings. The molecule has 2 aromatic heterocycles. The minimum absolute atomic E-state index is 0.0674. The molecule has 2 aromatic carbocycles. The number of oxime groups is 1. The van der Waals surface area contributed by atoms with Crippen LogP contribution in [0.1, 0.15) is 57.0 Å². The van der Waals surface area contributed by atoms with Crippen LogP contribution in [0.4, 0.5) is 5.95 Å². The number of nitrogens with one attached hydrogen (secondary N) is 1. The van der Waals surface area contributed by atoms with Crippen LogP contribution in [0.2, 0.25) is 5.02 Å². The molecule has 5 rings (SSSR count). The van der Waals surface area contributed by atoms with Crippen LogP contribution in [0.15, 0.2) is 59.8 Å². The molecule has 0 radical (unpaired) electrons. The Balaban J connectivity index is 1.71. The molecule has 2 unspecified atom stereocenters. The normalized spacial score (nSPS) is 19.6. The number of aliphatic hydroxyl groups excluding tert-OH is 1. The zero-order valence-corrected chi connectivity index (χ0v) is 22.9. The van der Waals surface area contributed by atoms with Crippen LogP contribution in [0.3, 0.4) is 0 Å². The third-order valence-corrected chi connectivity index (χ3v) is 7.77. The van der Waals surface area contributed by atoms with Gasteiger partial charge in [-0.2, -0.15) is 4.98 Å². The van der Waals surface area contributed by atoms with E-state index in [1.807, 2.05) is 48.5 Å². The van der Waals surface area contributed by atoms with E-state index in [1.165, 1.54) is 12.8 Å². The number of nitrogens with zero attached hydrogens (tertiary/aromatic N) is 5. The molecule has 0 saturated heterocycles. The first-order valence-electron chi connectivity index (χ1n) is 13.4. The monoisotopic (exact) mass is 547 g/mol. The lowest BCUT2D eigenvalue weighted by Crippen LogP contribution is -2.26. The Labute approximate surface area is 232 Å². The molecule has 1 saturated carbocycles. The fourth-order valence-corrected chi connectivity index (χ4v) is 5.56. The average molecular weight is 548 g/mol. The number of nitrogens with two attached hydrogens (primary N) is 1. The number of hydrogen-bond acceptors (Lipinski definition) is 7. The summed E-state index contributed by atoms with van der Waals surface area (Å²) in [6.07, 6.45) is 3.92. The van der Waals surface area contributed by atoms with E-state index < -0.39 is 12.1 Å². The Hall–Kier alpha value is -3.69. The van der Waals surface area contributed by atoms with Gasteiger partial charge in [0.25, 0.3) is 0 Å². The zero-order valence-electron chi connectivity index (χ0n) is 22.1. The smallest absolute Gasteiger partial charge is 0.208 e.